The number of ether oxygens (including phenoxy) is 1. The van der Waals surface area contributed by atoms with E-state index in [0.29, 0.717) is 18.7 Å². The Bertz CT molecular complexity index is 291. The topological polar surface area (TPSA) is 21.3 Å². The summed E-state index contributed by atoms with van der Waals surface area (Å²) >= 11 is 0. The van der Waals surface area contributed by atoms with E-state index in [9.17, 15) is 4.39 Å². The Hall–Kier alpha value is -0.930. The Labute approximate surface area is 90.4 Å². The third kappa shape index (κ3) is 3.61. The molecule has 0 bridgehead atoms. The van der Waals surface area contributed by atoms with E-state index in [0.717, 1.165) is 6.42 Å². The van der Waals surface area contributed by atoms with Crippen LogP contribution in [0.4, 0.5) is 4.39 Å². The molecule has 0 amide bonds. The van der Waals surface area contributed by atoms with Crippen molar-refractivity contribution in [1.82, 2.24) is 5.32 Å². The minimum absolute atomic E-state index is 0.198. The molecule has 0 heterocycles. The van der Waals surface area contributed by atoms with Crippen molar-refractivity contribution in [3.63, 3.8) is 0 Å². The van der Waals surface area contributed by atoms with Gasteiger partial charge in [-0.05, 0) is 19.5 Å². The SMILES string of the molecule is CCCOC(CNC)c1ccccc1F. The maximum absolute atomic E-state index is 13.5. The smallest absolute Gasteiger partial charge is 0.129 e. The molecule has 1 aromatic carbocycles. The van der Waals surface area contributed by atoms with Gasteiger partial charge in [0.2, 0.25) is 0 Å². The van der Waals surface area contributed by atoms with Crippen LogP contribution < -0.4 is 5.32 Å². The fourth-order valence-electron chi connectivity index (χ4n) is 1.44. The van der Waals surface area contributed by atoms with Gasteiger partial charge in [0.15, 0.2) is 0 Å². The lowest BCUT2D eigenvalue weighted by Crippen LogP contribution is -2.21. The molecule has 0 saturated heterocycles. The van der Waals surface area contributed by atoms with Gasteiger partial charge in [0.1, 0.15) is 5.82 Å². The molecule has 1 N–H and O–H groups in total. The van der Waals surface area contributed by atoms with E-state index >= 15 is 0 Å². The maximum atomic E-state index is 13.5. The first-order valence-corrected chi connectivity index (χ1v) is 5.30. The Morgan fingerprint density at radius 3 is 2.73 bits per heavy atom. The first-order chi connectivity index (χ1) is 7.29. The molecule has 3 heteroatoms. The third-order valence-electron chi connectivity index (χ3n) is 2.16. The van der Waals surface area contributed by atoms with Gasteiger partial charge in [-0.3, -0.25) is 0 Å². The molecular formula is C12H18FNO. The molecule has 2 nitrogen and oxygen atoms in total. The Balaban J connectivity index is 2.74. The Morgan fingerprint density at radius 2 is 2.13 bits per heavy atom. The van der Waals surface area contributed by atoms with E-state index in [4.69, 9.17) is 4.74 Å². The van der Waals surface area contributed by atoms with Crippen molar-refractivity contribution in [2.75, 3.05) is 20.2 Å². The first kappa shape index (κ1) is 12.1. The van der Waals surface area contributed by atoms with Crippen LogP contribution in [0.1, 0.15) is 25.0 Å². The van der Waals surface area contributed by atoms with Crippen LogP contribution >= 0.6 is 0 Å². The van der Waals surface area contributed by atoms with Crippen molar-refractivity contribution in [1.29, 1.82) is 0 Å². The molecule has 1 atom stereocenters. The fourth-order valence-corrected chi connectivity index (χ4v) is 1.44. The molecule has 84 valence electrons. The first-order valence-electron chi connectivity index (χ1n) is 5.30. The molecule has 0 aliphatic heterocycles. The summed E-state index contributed by atoms with van der Waals surface area (Å²) in [5.74, 6) is -0.200. The van der Waals surface area contributed by atoms with Crippen molar-refractivity contribution in [3.05, 3.63) is 35.6 Å². The fraction of sp³-hybridized carbons (Fsp3) is 0.500. The van der Waals surface area contributed by atoms with Crippen molar-refractivity contribution < 1.29 is 9.13 Å². The van der Waals surface area contributed by atoms with Gasteiger partial charge in [0.25, 0.3) is 0 Å². The van der Waals surface area contributed by atoms with Gasteiger partial charge in [-0.1, -0.05) is 25.1 Å². The normalized spacial score (nSPS) is 12.7. The van der Waals surface area contributed by atoms with Crippen molar-refractivity contribution in [3.8, 4) is 0 Å². The largest absolute Gasteiger partial charge is 0.372 e. The molecule has 0 radical (unpaired) electrons. The predicted molar refractivity (Wildman–Crippen MR) is 59.3 cm³/mol. The van der Waals surface area contributed by atoms with Gasteiger partial charge in [0.05, 0.1) is 6.10 Å². The summed E-state index contributed by atoms with van der Waals surface area (Å²) in [5.41, 5.74) is 0.625. The lowest BCUT2D eigenvalue weighted by atomic mass is 10.1. The number of hydrogen-bond donors (Lipinski definition) is 1. The van der Waals surface area contributed by atoms with Gasteiger partial charge in [-0.25, -0.2) is 4.39 Å². The van der Waals surface area contributed by atoms with Crippen LogP contribution in [0.25, 0.3) is 0 Å². The second-order valence-corrected chi connectivity index (χ2v) is 3.44. The molecule has 0 aliphatic carbocycles. The summed E-state index contributed by atoms with van der Waals surface area (Å²) in [7, 11) is 1.84. The van der Waals surface area contributed by atoms with Gasteiger partial charge < -0.3 is 10.1 Å². The number of nitrogens with one attached hydrogen (secondary N) is 1. The summed E-state index contributed by atoms with van der Waals surface area (Å²) in [6.45, 7) is 3.32. The Kier molecular flexibility index (Phi) is 5.29. The summed E-state index contributed by atoms with van der Waals surface area (Å²) in [5, 5.41) is 3.01. The van der Waals surface area contributed by atoms with Crippen LogP contribution in [0.2, 0.25) is 0 Å². The molecule has 0 saturated carbocycles. The van der Waals surface area contributed by atoms with E-state index in [2.05, 4.69) is 5.32 Å². The molecule has 1 aromatic rings. The molecular weight excluding hydrogens is 193 g/mol. The van der Waals surface area contributed by atoms with Crippen LogP contribution in [0, 0.1) is 5.82 Å². The molecule has 1 unspecified atom stereocenters. The van der Waals surface area contributed by atoms with E-state index in [-0.39, 0.29) is 11.9 Å². The standard InChI is InChI=1S/C12H18FNO/c1-3-8-15-12(9-14-2)10-6-4-5-7-11(10)13/h4-7,12,14H,3,8-9H2,1-2H3. The zero-order chi connectivity index (χ0) is 11.1. The quantitative estimate of drug-likeness (QED) is 0.780. The number of benzene rings is 1. The molecule has 1 rings (SSSR count). The highest BCUT2D eigenvalue weighted by atomic mass is 19.1. The van der Waals surface area contributed by atoms with Gasteiger partial charge in [-0.2, -0.15) is 0 Å². The summed E-state index contributed by atoms with van der Waals surface area (Å²) < 4.78 is 19.1. The van der Waals surface area contributed by atoms with E-state index in [1.807, 2.05) is 20.0 Å². The maximum Gasteiger partial charge on any atom is 0.129 e. The van der Waals surface area contributed by atoms with E-state index < -0.39 is 0 Å². The van der Waals surface area contributed by atoms with Crippen LogP contribution in [0.5, 0.6) is 0 Å². The van der Waals surface area contributed by atoms with E-state index in [1.165, 1.54) is 6.07 Å². The average molecular weight is 211 g/mol. The number of likely N-dealkylation sites (N-methyl/N-ethyl adjacent to an activating group) is 1. The summed E-state index contributed by atoms with van der Waals surface area (Å²) in [6.07, 6.45) is 0.741. The average Bonchev–Trinajstić information content (AvgIpc) is 2.25. The van der Waals surface area contributed by atoms with Crippen molar-refractivity contribution in [2.24, 2.45) is 0 Å². The van der Waals surface area contributed by atoms with Crippen LogP contribution in [-0.4, -0.2) is 20.2 Å². The zero-order valence-corrected chi connectivity index (χ0v) is 9.29. The van der Waals surface area contributed by atoms with Crippen LogP contribution in [0.15, 0.2) is 24.3 Å². The van der Waals surface area contributed by atoms with Gasteiger partial charge in [0, 0.05) is 18.7 Å². The predicted octanol–water partition coefficient (Wildman–Crippen LogP) is 2.51. The van der Waals surface area contributed by atoms with Gasteiger partial charge in [-0.15, -0.1) is 0 Å². The second-order valence-electron chi connectivity index (χ2n) is 3.44. The van der Waals surface area contributed by atoms with Crippen LogP contribution in [0.3, 0.4) is 0 Å². The highest BCUT2D eigenvalue weighted by Crippen LogP contribution is 2.19. The summed E-state index contributed by atoms with van der Waals surface area (Å²) in [4.78, 5) is 0. The van der Waals surface area contributed by atoms with E-state index in [1.54, 1.807) is 12.1 Å². The number of halogens is 1. The molecule has 0 fully saturated rings. The number of hydrogen-bond acceptors (Lipinski definition) is 2. The molecule has 0 aromatic heterocycles. The lowest BCUT2D eigenvalue weighted by molar-refractivity contribution is 0.0519. The highest BCUT2D eigenvalue weighted by Gasteiger charge is 2.14. The second kappa shape index (κ2) is 6.53. The lowest BCUT2D eigenvalue weighted by Gasteiger charge is -2.18. The number of rotatable bonds is 6. The Morgan fingerprint density at radius 1 is 1.40 bits per heavy atom. The minimum atomic E-state index is -0.200. The van der Waals surface area contributed by atoms with Gasteiger partial charge >= 0.3 is 0 Å². The van der Waals surface area contributed by atoms with Crippen molar-refractivity contribution in [2.45, 2.75) is 19.4 Å². The molecule has 15 heavy (non-hydrogen) atoms. The summed E-state index contributed by atoms with van der Waals surface area (Å²) in [6, 6.07) is 6.76. The van der Waals surface area contributed by atoms with Crippen LogP contribution in [-0.2, 0) is 4.74 Å². The monoisotopic (exact) mass is 211 g/mol. The highest BCUT2D eigenvalue weighted by molar-refractivity contribution is 5.20. The third-order valence-corrected chi connectivity index (χ3v) is 2.16. The minimum Gasteiger partial charge on any atom is -0.372 e. The molecule has 0 aliphatic rings. The zero-order valence-electron chi connectivity index (χ0n) is 9.29. The molecule has 0 spiro atoms. The van der Waals surface area contributed by atoms with Crippen molar-refractivity contribution >= 4 is 0 Å².